The summed E-state index contributed by atoms with van der Waals surface area (Å²) in [5.74, 6) is -0.813. The van der Waals surface area contributed by atoms with Gasteiger partial charge >= 0.3 is 5.97 Å². The van der Waals surface area contributed by atoms with Crippen LogP contribution >= 0.6 is 0 Å². The molecular formula is C21H22N2O5. The van der Waals surface area contributed by atoms with Crippen LogP contribution in [0.4, 0.5) is 5.69 Å². The molecule has 0 unspecified atom stereocenters. The summed E-state index contributed by atoms with van der Waals surface area (Å²) < 4.78 is 0. The van der Waals surface area contributed by atoms with Crippen LogP contribution < -0.4 is 0 Å². The van der Waals surface area contributed by atoms with Crippen LogP contribution in [0.2, 0.25) is 0 Å². The second kappa shape index (κ2) is 10.1. The predicted molar refractivity (Wildman–Crippen MR) is 106 cm³/mol. The summed E-state index contributed by atoms with van der Waals surface area (Å²) in [6, 6.07) is 12.9. The first-order chi connectivity index (χ1) is 13.5. The largest absolute Gasteiger partial charge is 0.335 e. The molecule has 7 heteroatoms. The lowest BCUT2D eigenvalue weighted by Crippen LogP contribution is -2.15. The Morgan fingerprint density at radius 1 is 1.07 bits per heavy atom. The van der Waals surface area contributed by atoms with E-state index < -0.39 is 10.9 Å². The number of carbonyl (C=O) groups excluding carboxylic acids is 2. The number of hydrogen-bond donors (Lipinski definition) is 0. The van der Waals surface area contributed by atoms with Crippen molar-refractivity contribution in [2.45, 2.75) is 39.5 Å². The van der Waals surface area contributed by atoms with Crippen LogP contribution in [-0.4, -0.2) is 22.4 Å². The maximum atomic E-state index is 12.6. The Balaban J connectivity index is 2.19. The lowest BCUT2D eigenvalue weighted by Gasteiger charge is -2.06. The normalized spacial score (nSPS) is 11.1. The van der Waals surface area contributed by atoms with Crippen molar-refractivity contribution < 1.29 is 19.3 Å². The van der Waals surface area contributed by atoms with E-state index in [1.54, 1.807) is 49.4 Å². The van der Waals surface area contributed by atoms with Gasteiger partial charge in [-0.2, -0.15) is 0 Å². The Morgan fingerprint density at radius 2 is 1.75 bits per heavy atom. The van der Waals surface area contributed by atoms with Crippen molar-refractivity contribution in [3.63, 3.8) is 0 Å². The van der Waals surface area contributed by atoms with Crippen LogP contribution in [0.25, 0.3) is 11.1 Å². The van der Waals surface area contributed by atoms with E-state index in [4.69, 9.17) is 4.84 Å². The Labute approximate surface area is 163 Å². The Kier molecular flexibility index (Phi) is 7.56. The summed E-state index contributed by atoms with van der Waals surface area (Å²) in [4.78, 5) is 39.7. The van der Waals surface area contributed by atoms with Gasteiger partial charge in [-0.1, -0.05) is 61.8 Å². The van der Waals surface area contributed by atoms with E-state index in [2.05, 4.69) is 5.16 Å². The molecule has 0 atom stereocenters. The lowest BCUT2D eigenvalue weighted by atomic mass is 9.99. The standard InChI is InChI=1S/C21H22N2O5/c1-3-5-10-20(24)28-22-18(4-2)21(25)16-13-11-15(12-14-16)17-8-6-7-9-19(17)23(26)27/h6-9,11-14H,3-5,10H2,1-2H3/b22-18-. The molecule has 0 heterocycles. The fraction of sp³-hybridized carbons (Fsp3) is 0.286. The molecule has 2 rings (SSSR count). The molecule has 28 heavy (non-hydrogen) atoms. The summed E-state index contributed by atoms with van der Waals surface area (Å²) in [6.07, 6.45) is 2.14. The minimum atomic E-state index is -0.465. The zero-order chi connectivity index (χ0) is 20.5. The minimum absolute atomic E-state index is 0.00335. The van der Waals surface area contributed by atoms with Crippen molar-refractivity contribution >= 4 is 23.2 Å². The van der Waals surface area contributed by atoms with E-state index in [-0.39, 0.29) is 23.6 Å². The zero-order valence-electron chi connectivity index (χ0n) is 15.9. The van der Waals surface area contributed by atoms with Crippen LogP contribution in [-0.2, 0) is 9.63 Å². The summed E-state index contributed by atoms with van der Waals surface area (Å²) in [7, 11) is 0. The number of nitrogens with zero attached hydrogens (tertiary/aromatic N) is 2. The molecule has 0 amide bonds. The van der Waals surface area contributed by atoms with Crippen molar-refractivity contribution in [1.82, 2.24) is 0 Å². The molecule has 0 fully saturated rings. The van der Waals surface area contributed by atoms with Gasteiger partial charge in [0, 0.05) is 18.1 Å². The molecular weight excluding hydrogens is 360 g/mol. The molecule has 0 aliphatic heterocycles. The average Bonchev–Trinajstić information content (AvgIpc) is 2.72. The number of unbranched alkanes of at least 4 members (excludes halogenated alkanes) is 1. The van der Waals surface area contributed by atoms with Gasteiger partial charge in [0.25, 0.3) is 5.69 Å². The highest BCUT2D eigenvalue weighted by atomic mass is 16.7. The van der Waals surface area contributed by atoms with E-state index in [1.165, 1.54) is 6.07 Å². The van der Waals surface area contributed by atoms with Crippen molar-refractivity contribution in [2.75, 3.05) is 0 Å². The summed E-state index contributed by atoms with van der Waals surface area (Å²) in [5.41, 5.74) is 1.61. The molecule has 0 N–H and O–H groups in total. The summed E-state index contributed by atoms with van der Waals surface area (Å²) in [6.45, 7) is 3.71. The number of oxime groups is 1. The third-order valence-corrected chi connectivity index (χ3v) is 4.15. The van der Waals surface area contributed by atoms with Crippen LogP contribution in [0.3, 0.4) is 0 Å². The van der Waals surface area contributed by atoms with Crippen LogP contribution in [0.1, 0.15) is 49.9 Å². The number of para-hydroxylation sites is 1. The molecule has 0 radical (unpaired) electrons. The molecule has 0 saturated carbocycles. The summed E-state index contributed by atoms with van der Waals surface area (Å²) >= 11 is 0. The molecule has 0 aliphatic rings. The molecule has 0 spiro atoms. The highest BCUT2D eigenvalue weighted by Gasteiger charge is 2.17. The summed E-state index contributed by atoms with van der Waals surface area (Å²) in [5, 5.41) is 14.9. The first kappa shape index (κ1) is 21.0. The maximum absolute atomic E-state index is 12.6. The quantitative estimate of drug-likeness (QED) is 0.201. The monoisotopic (exact) mass is 382 g/mol. The number of hydrogen-bond acceptors (Lipinski definition) is 6. The van der Waals surface area contributed by atoms with Gasteiger partial charge in [0.05, 0.1) is 10.5 Å². The number of Topliss-reactive ketones (excluding diaryl/α,β-unsaturated/α-hetero) is 1. The third-order valence-electron chi connectivity index (χ3n) is 4.15. The number of nitro groups is 1. The zero-order valence-corrected chi connectivity index (χ0v) is 15.9. The second-order valence-corrected chi connectivity index (χ2v) is 6.14. The highest BCUT2D eigenvalue weighted by Crippen LogP contribution is 2.29. The molecule has 2 aromatic carbocycles. The maximum Gasteiger partial charge on any atom is 0.335 e. The van der Waals surface area contributed by atoms with Gasteiger partial charge in [-0.25, -0.2) is 4.79 Å². The fourth-order valence-corrected chi connectivity index (χ4v) is 2.58. The van der Waals surface area contributed by atoms with Gasteiger partial charge in [0.2, 0.25) is 5.78 Å². The molecule has 0 bridgehead atoms. The average molecular weight is 382 g/mol. The van der Waals surface area contributed by atoms with Gasteiger partial charge in [-0.05, 0) is 24.5 Å². The van der Waals surface area contributed by atoms with Crippen molar-refractivity contribution in [2.24, 2.45) is 5.16 Å². The first-order valence-electron chi connectivity index (χ1n) is 9.13. The number of ketones is 1. The van der Waals surface area contributed by atoms with E-state index in [0.717, 1.165) is 6.42 Å². The van der Waals surface area contributed by atoms with Gasteiger partial charge in [0.1, 0.15) is 5.71 Å². The van der Waals surface area contributed by atoms with Gasteiger partial charge in [0.15, 0.2) is 0 Å². The van der Waals surface area contributed by atoms with E-state index in [0.29, 0.717) is 29.5 Å². The van der Waals surface area contributed by atoms with Gasteiger partial charge in [-0.3, -0.25) is 14.9 Å². The van der Waals surface area contributed by atoms with Crippen LogP contribution in [0.15, 0.2) is 53.7 Å². The molecule has 0 saturated heterocycles. The smallest absolute Gasteiger partial charge is 0.318 e. The van der Waals surface area contributed by atoms with Gasteiger partial charge in [-0.15, -0.1) is 0 Å². The Morgan fingerprint density at radius 3 is 2.36 bits per heavy atom. The van der Waals surface area contributed by atoms with Crippen LogP contribution in [0.5, 0.6) is 0 Å². The minimum Gasteiger partial charge on any atom is -0.318 e. The highest BCUT2D eigenvalue weighted by molar-refractivity contribution is 6.45. The number of benzene rings is 2. The second-order valence-electron chi connectivity index (χ2n) is 6.14. The number of carbonyl (C=O) groups is 2. The SMILES string of the molecule is CCCCC(=O)O/N=C(/CC)C(=O)c1ccc(-c2ccccc2[N+](=O)[O-])cc1. The Bertz CT molecular complexity index is 888. The fourth-order valence-electron chi connectivity index (χ4n) is 2.58. The predicted octanol–water partition coefficient (Wildman–Crippen LogP) is 4.94. The van der Waals surface area contributed by atoms with Crippen LogP contribution in [0, 0.1) is 10.1 Å². The molecule has 0 aliphatic carbocycles. The van der Waals surface area contributed by atoms with Gasteiger partial charge < -0.3 is 4.84 Å². The topological polar surface area (TPSA) is 98.9 Å². The number of nitro benzene ring substituents is 1. The molecule has 2 aromatic rings. The molecule has 7 nitrogen and oxygen atoms in total. The Hall–Kier alpha value is -3.35. The first-order valence-corrected chi connectivity index (χ1v) is 9.13. The van der Waals surface area contributed by atoms with Crippen molar-refractivity contribution in [3.8, 4) is 11.1 Å². The number of rotatable bonds is 9. The van der Waals surface area contributed by atoms with E-state index >= 15 is 0 Å². The van der Waals surface area contributed by atoms with Crippen molar-refractivity contribution in [3.05, 3.63) is 64.2 Å². The molecule has 146 valence electrons. The van der Waals surface area contributed by atoms with E-state index in [1.807, 2.05) is 6.92 Å². The van der Waals surface area contributed by atoms with Crippen molar-refractivity contribution in [1.29, 1.82) is 0 Å². The molecule has 0 aromatic heterocycles. The third kappa shape index (κ3) is 5.33. The lowest BCUT2D eigenvalue weighted by molar-refractivity contribution is -0.384. The van der Waals surface area contributed by atoms with E-state index in [9.17, 15) is 19.7 Å².